The molecular formula is C15H17BrN2O2S. The number of nitrogens with two attached hydrogens (primary N) is 1. The standard InChI is InChI=1S/C15H17BrN2O2S/c1-8-6-18(7-9(2)20-8)15(19)14-13(17)11-5-10(16)3-4-12(11)21-14/h3-5,8-9H,6-7,17H2,1-2H3. The van der Waals surface area contributed by atoms with Gasteiger partial charge in [0, 0.05) is 27.6 Å². The first-order chi connectivity index (χ1) is 9.95. The van der Waals surface area contributed by atoms with E-state index in [1.54, 1.807) is 0 Å². The Morgan fingerprint density at radius 3 is 2.71 bits per heavy atom. The lowest BCUT2D eigenvalue weighted by Gasteiger charge is -2.35. The average Bonchev–Trinajstić information content (AvgIpc) is 2.74. The number of hydrogen-bond acceptors (Lipinski definition) is 4. The predicted molar refractivity (Wildman–Crippen MR) is 89.8 cm³/mol. The number of halogens is 1. The van der Waals surface area contributed by atoms with Gasteiger partial charge in [-0.1, -0.05) is 15.9 Å². The SMILES string of the molecule is CC1CN(C(=O)c2sc3ccc(Br)cc3c2N)CC(C)O1. The largest absolute Gasteiger partial charge is 0.397 e. The molecule has 1 amide bonds. The van der Waals surface area contributed by atoms with E-state index in [1.165, 1.54) is 11.3 Å². The van der Waals surface area contributed by atoms with Gasteiger partial charge in [0.15, 0.2) is 0 Å². The number of benzene rings is 1. The summed E-state index contributed by atoms with van der Waals surface area (Å²) in [7, 11) is 0. The van der Waals surface area contributed by atoms with Crippen LogP contribution in [0.15, 0.2) is 22.7 Å². The molecule has 1 fully saturated rings. The van der Waals surface area contributed by atoms with Crippen molar-refractivity contribution in [2.45, 2.75) is 26.1 Å². The number of thiophene rings is 1. The highest BCUT2D eigenvalue weighted by atomic mass is 79.9. The Hall–Kier alpha value is -1.11. The number of carbonyl (C=O) groups excluding carboxylic acids is 1. The molecule has 0 bridgehead atoms. The van der Waals surface area contributed by atoms with Crippen molar-refractivity contribution in [2.75, 3.05) is 18.8 Å². The maximum Gasteiger partial charge on any atom is 0.266 e. The molecule has 112 valence electrons. The number of anilines is 1. The smallest absolute Gasteiger partial charge is 0.266 e. The monoisotopic (exact) mass is 368 g/mol. The molecular weight excluding hydrogens is 352 g/mol. The van der Waals surface area contributed by atoms with Crippen molar-refractivity contribution in [1.29, 1.82) is 0 Å². The van der Waals surface area contributed by atoms with E-state index in [0.717, 1.165) is 14.6 Å². The first kappa shape index (κ1) is 14.8. The Morgan fingerprint density at radius 1 is 1.38 bits per heavy atom. The molecule has 6 heteroatoms. The molecule has 2 aromatic rings. The Morgan fingerprint density at radius 2 is 2.05 bits per heavy atom. The molecule has 2 heterocycles. The van der Waals surface area contributed by atoms with Gasteiger partial charge in [-0.15, -0.1) is 11.3 Å². The summed E-state index contributed by atoms with van der Waals surface area (Å²) >= 11 is 4.90. The maximum absolute atomic E-state index is 12.8. The van der Waals surface area contributed by atoms with Gasteiger partial charge in [0.25, 0.3) is 5.91 Å². The number of fused-ring (bicyclic) bond motifs is 1. The molecule has 0 saturated carbocycles. The van der Waals surface area contributed by atoms with Gasteiger partial charge in [-0.2, -0.15) is 0 Å². The minimum absolute atomic E-state index is 0.00632. The molecule has 2 N–H and O–H groups in total. The third-order valence-electron chi connectivity index (χ3n) is 3.59. The number of hydrogen-bond donors (Lipinski definition) is 1. The maximum atomic E-state index is 12.8. The van der Waals surface area contributed by atoms with E-state index < -0.39 is 0 Å². The fraction of sp³-hybridized carbons (Fsp3) is 0.400. The fourth-order valence-corrected chi connectivity index (χ4v) is 4.17. The van der Waals surface area contributed by atoms with E-state index in [0.29, 0.717) is 23.7 Å². The zero-order valence-corrected chi connectivity index (χ0v) is 14.3. The zero-order chi connectivity index (χ0) is 15.1. The summed E-state index contributed by atoms with van der Waals surface area (Å²) in [6, 6.07) is 5.91. The highest BCUT2D eigenvalue weighted by Crippen LogP contribution is 2.36. The second-order valence-corrected chi connectivity index (χ2v) is 7.42. The third kappa shape index (κ3) is 2.80. The number of amides is 1. The molecule has 1 aromatic carbocycles. The van der Waals surface area contributed by atoms with Crippen LogP contribution in [0, 0.1) is 0 Å². The van der Waals surface area contributed by atoms with Crippen molar-refractivity contribution in [3.8, 4) is 0 Å². The van der Waals surface area contributed by atoms with Gasteiger partial charge in [0.05, 0.1) is 17.9 Å². The lowest BCUT2D eigenvalue weighted by Crippen LogP contribution is -2.48. The van der Waals surface area contributed by atoms with Crippen molar-refractivity contribution >= 4 is 48.9 Å². The minimum atomic E-state index is 0.00632. The summed E-state index contributed by atoms with van der Waals surface area (Å²) in [6.07, 6.45) is 0.116. The fourth-order valence-electron chi connectivity index (χ4n) is 2.74. The van der Waals surface area contributed by atoms with Crippen LogP contribution in [0.2, 0.25) is 0 Å². The van der Waals surface area contributed by atoms with E-state index in [-0.39, 0.29) is 18.1 Å². The molecule has 1 aliphatic heterocycles. The first-order valence-corrected chi connectivity index (χ1v) is 8.49. The second-order valence-electron chi connectivity index (χ2n) is 5.45. The van der Waals surface area contributed by atoms with E-state index in [9.17, 15) is 4.79 Å². The van der Waals surface area contributed by atoms with Crippen LogP contribution in [0.4, 0.5) is 5.69 Å². The lowest BCUT2D eigenvalue weighted by atomic mass is 10.2. The Bertz CT molecular complexity index is 690. The van der Waals surface area contributed by atoms with Gasteiger partial charge in [-0.3, -0.25) is 4.79 Å². The van der Waals surface area contributed by atoms with Gasteiger partial charge in [-0.25, -0.2) is 0 Å². The van der Waals surface area contributed by atoms with Crippen LogP contribution in [-0.4, -0.2) is 36.1 Å². The zero-order valence-electron chi connectivity index (χ0n) is 11.9. The van der Waals surface area contributed by atoms with Crippen molar-refractivity contribution in [3.05, 3.63) is 27.5 Å². The third-order valence-corrected chi connectivity index (χ3v) is 5.26. The number of carbonyl (C=O) groups is 1. The highest BCUT2D eigenvalue weighted by Gasteiger charge is 2.29. The van der Waals surface area contributed by atoms with Crippen LogP contribution in [0.3, 0.4) is 0 Å². The molecule has 0 aliphatic carbocycles. The average molecular weight is 369 g/mol. The minimum Gasteiger partial charge on any atom is -0.397 e. The number of ether oxygens (including phenoxy) is 1. The van der Waals surface area contributed by atoms with Crippen LogP contribution in [-0.2, 0) is 4.74 Å². The van der Waals surface area contributed by atoms with Crippen LogP contribution >= 0.6 is 27.3 Å². The number of rotatable bonds is 1. The summed E-state index contributed by atoms with van der Waals surface area (Å²) in [4.78, 5) is 15.2. The Balaban J connectivity index is 1.96. The first-order valence-electron chi connectivity index (χ1n) is 6.88. The van der Waals surface area contributed by atoms with Crippen molar-refractivity contribution in [1.82, 2.24) is 4.90 Å². The molecule has 0 radical (unpaired) electrons. The Labute approximate surface area is 136 Å². The van der Waals surface area contributed by atoms with Crippen molar-refractivity contribution in [3.63, 3.8) is 0 Å². The molecule has 0 spiro atoms. The molecule has 1 aliphatic rings. The topological polar surface area (TPSA) is 55.6 Å². The number of morpholine rings is 1. The lowest BCUT2D eigenvalue weighted by molar-refractivity contribution is -0.0584. The summed E-state index contributed by atoms with van der Waals surface area (Å²) in [6.45, 7) is 5.20. The van der Waals surface area contributed by atoms with Gasteiger partial charge in [-0.05, 0) is 32.0 Å². The summed E-state index contributed by atoms with van der Waals surface area (Å²) in [5.74, 6) is 0.00632. The molecule has 3 rings (SSSR count). The highest BCUT2D eigenvalue weighted by molar-refractivity contribution is 9.10. The van der Waals surface area contributed by atoms with E-state index in [1.807, 2.05) is 36.9 Å². The normalized spacial score (nSPS) is 22.7. The Kier molecular flexibility index (Phi) is 3.94. The van der Waals surface area contributed by atoms with E-state index in [2.05, 4.69) is 15.9 Å². The predicted octanol–water partition coefficient (Wildman–Crippen LogP) is 3.50. The number of nitrogens with zero attached hydrogens (tertiary/aromatic N) is 1. The van der Waals surface area contributed by atoms with E-state index in [4.69, 9.17) is 10.5 Å². The van der Waals surface area contributed by atoms with Crippen LogP contribution in [0.1, 0.15) is 23.5 Å². The van der Waals surface area contributed by atoms with Crippen LogP contribution in [0.25, 0.3) is 10.1 Å². The van der Waals surface area contributed by atoms with Gasteiger partial charge < -0.3 is 15.4 Å². The van der Waals surface area contributed by atoms with E-state index >= 15 is 0 Å². The summed E-state index contributed by atoms with van der Waals surface area (Å²) < 4.78 is 7.68. The summed E-state index contributed by atoms with van der Waals surface area (Å²) in [5.41, 5.74) is 6.77. The van der Waals surface area contributed by atoms with Gasteiger partial charge in [0.2, 0.25) is 0 Å². The van der Waals surface area contributed by atoms with Crippen LogP contribution in [0.5, 0.6) is 0 Å². The molecule has 21 heavy (non-hydrogen) atoms. The van der Waals surface area contributed by atoms with Crippen molar-refractivity contribution in [2.24, 2.45) is 0 Å². The molecule has 2 atom stereocenters. The van der Waals surface area contributed by atoms with Crippen molar-refractivity contribution < 1.29 is 9.53 Å². The van der Waals surface area contributed by atoms with Gasteiger partial charge >= 0.3 is 0 Å². The molecule has 1 saturated heterocycles. The quantitative estimate of drug-likeness (QED) is 0.837. The molecule has 4 nitrogen and oxygen atoms in total. The number of nitrogen functional groups attached to an aromatic ring is 1. The van der Waals surface area contributed by atoms with Crippen LogP contribution < -0.4 is 5.73 Å². The van der Waals surface area contributed by atoms with Gasteiger partial charge in [0.1, 0.15) is 4.88 Å². The molecule has 2 unspecified atom stereocenters. The molecule has 1 aromatic heterocycles. The summed E-state index contributed by atoms with van der Waals surface area (Å²) in [5, 5.41) is 0.937. The second kappa shape index (κ2) is 5.59.